The van der Waals surface area contributed by atoms with E-state index in [1.807, 2.05) is 0 Å². The minimum Gasteiger partial charge on any atom is -0.500 e. The van der Waals surface area contributed by atoms with Crippen LogP contribution in [0.1, 0.15) is 34.1 Å². The van der Waals surface area contributed by atoms with Gasteiger partial charge in [0, 0.05) is 0 Å². The van der Waals surface area contributed by atoms with Gasteiger partial charge in [0.1, 0.15) is 0 Å². The number of hydrogen-bond donors (Lipinski definition) is 0. The molecule has 0 nitrogen and oxygen atoms in total. The van der Waals surface area contributed by atoms with Crippen LogP contribution in [-0.2, 0) is 19.5 Å². The van der Waals surface area contributed by atoms with Gasteiger partial charge in [0.25, 0.3) is 0 Å². The molecular formula is C9H18Zn. The summed E-state index contributed by atoms with van der Waals surface area (Å²) < 4.78 is 0. The van der Waals surface area contributed by atoms with E-state index in [-0.39, 0.29) is 26.9 Å². The summed E-state index contributed by atoms with van der Waals surface area (Å²) in [6, 6.07) is 0. The Bertz CT molecular complexity index is 77.2. The van der Waals surface area contributed by atoms with Crippen LogP contribution in [0.3, 0.4) is 0 Å². The predicted octanol–water partition coefficient (Wildman–Crippen LogP) is 3.25. The Morgan fingerprint density at radius 3 is 1.80 bits per heavy atom. The van der Waals surface area contributed by atoms with Gasteiger partial charge in [-0.2, -0.15) is 6.42 Å². The van der Waals surface area contributed by atoms with E-state index < -0.39 is 0 Å². The molecule has 0 bridgehead atoms. The van der Waals surface area contributed by atoms with Gasteiger partial charge in [-0.1, -0.05) is 33.1 Å². The molecule has 0 unspecified atom stereocenters. The van der Waals surface area contributed by atoms with Gasteiger partial charge >= 0.3 is 19.5 Å². The summed E-state index contributed by atoms with van der Waals surface area (Å²) in [5.41, 5.74) is 0.315. The fourth-order valence-corrected chi connectivity index (χ4v) is 0.408. The normalized spacial score (nSPS) is 10.4. The van der Waals surface area contributed by atoms with E-state index >= 15 is 0 Å². The summed E-state index contributed by atoms with van der Waals surface area (Å²) in [6.45, 7) is 8.63. The third-order valence-corrected chi connectivity index (χ3v) is 0.739. The quantitative estimate of drug-likeness (QED) is 0.441. The van der Waals surface area contributed by atoms with Crippen LogP contribution in [0, 0.1) is 18.9 Å². The SMILES string of the molecule is CC[C-]=CC(C)(C)C.[CH3-].[Zn+2]. The fourth-order valence-electron chi connectivity index (χ4n) is 0.408. The summed E-state index contributed by atoms with van der Waals surface area (Å²) in [5.74, 6) is 0. The minimum atomic E-state index is 0. The van der Waals surface area contributed by atoms with E-state index in [4.69, 9.17) is 0 Å². The molecule has 0 amide bonds. The maximum atomic E-state index is 3.16. The third-order valence-electron chi connectivity index (χ3n) is 0.739. The Morgan fingerprint density at radius 2 is 1.70 bits per heavy atom. The van der Waals surface area contributed by atoms with Crippen LogP contribution in [0.2, 0.25) is 0 Å². The van der Waals surface area contributed by atoms with Gasteiger partial charge in [0.2, 0.25) is 0 Å². The molecule has 0 N–H and O–H groups in total. The van der Waals surface area contributed by atoms with E-state index in [0.717, 1.165) is 6.42 Å². The molecule has 0 aliphatic heterocycles. The summed E-state index contributed by atoms with van der Waals surface area (Å²) >= 11 is 0. The smallest absolute Gasteiger partial charge is 0.500 e. The molecule has 0 fully saturated rings. The second kappa shape index (κ2) is 7.47. The summed E-state index contributed by atoms with van der Waals surface area (Å²) in [4.78, 5) is 0. The Morgan fingerprint density at radius 1 is 1.30 bits per heavy atom. The number of allylic oxidation sites excluding steroid dienone is 2. The fraction of sp³-hybridized carbons (Fsp3) is 0.667. The Kier molecular flexibility index (Phi) is 12.5. The first kappa shape index (κ1) is 16.8. The summed E-state index contributed by atoms with van der Waals surface area (Å²) in [7, 11) is 0. The van der Waals surface area contributed by atoms with E-state index in [1.165, 1.54) is 0 Å². The molecule has 0 spiro atoms. The zero-order valence-corrected chi connectivity index (χ0v) is 11.0. The van der Waals surface area contributed by atoms with Gasteiger partial charge < -0.3 is 13.5 Å². The van der Waals surface area contributed by atoms with Crippen molar-refractivity contribution in [3.63, 3.8) is 0 Å². The molecule has 0 saturated heterocycles. The Labute approximate surface area is 78.9 Å². The van der Waals surface area contributed by atoms with Crippen molar-refractivity contribution in [1.29, 1.82) is 0 Å². The Balaban J connectivity index is -0.000000245. The summed E-state index contributed by atoms with van der Waals surface area (Å²) in [5, 5.41) is 0. The van der Waals surface area contributed by atoms with Crippen molar-refractivity contribution in [1.82, 2.24) is 0 Å². The van der Waals surface area contributed by atoms with Crippen LogP contribution in [0.25, 0.3) is 0 Å². The van der Waals surface area contributed by atoms with Crippen LogP contribution in [0.4, 0.5) is 0 Å². The van der Waals surface area contributed by atoms with Crippen molar-refractivity contribution in [3.8, 4) is 0 Å². The first-order valence-electron chi connectivity index (χ1n) is 3.14. The largest absolute Gasteiger partial charge is 2.00 e. The van der Waals surface area contributed by atoms with Gasteiger partial charge in [0.15, 0.2) is 0 Å². The van der Waals surface area contributed by atoms with Crippen LogP contribution in [0.15, 0.2) is 6.08 Å². The van der Waals surface area contributed by atoms with Crippen molar-refractivity contribution in [2.24, 2.45) is 5.41 Å². The van der Waals surface area contributed by atoms with Crippen LogP contribution in [0.5, 0.6) is 0 Å². The van der Waals surface area contributed by atoms with Crippen LogP contribution in [-0.4, -0.2) is 0 Å². The van der Waals surface area contributed by atoms with Gasteiger partial charge in [-0.3, -0.25) is 6.08 Å². The van der Waals surface area contributed by atoms with Crippen molar-refractivity contribution < 1.29 is 19.5 Å². The van der Waals surface area contributed by atoms with Gasteiger partial charge in [-0.05, 0) is 0 Å². The molecule has 0 heterocycles. The molecule has 0 rings (SSSR count). The zero-order chi connectivity index (χ0) is 6.62. The monoisotopic (exact) mass is 190 g/mol. The molecular weight excluding hydrogens is 173 g/mol. The molecule has 0 aromatic rings. The molecule has 0 aromatic carbocycles. The second-order valence-electron chi connectivity index (χ2n) is 3.07. The van der Waals surface area contributed by atoms with E-state index in [0.29, 0.717) is 5.41 Å². The molecule has 0 saturated carbocycles. The van der Waals surface area contributed by atoms with Gasteiger partial charge in [-0.15, -0.1) is 0 Å². The second-order valence-corrected chi connectivity index (χ2v) is 3.07. The van der Waals surface area contributed by atoms with Crippen LogP contribution >= 0.6 is 0 Å². The Hall–Kier alpha value is 0.363. The van der Waals surface area contributed by atoms with Crippen molar-refractivity contribution in [2.75, 3.05) is 0 Å². The van der Waals surface area contributed by atoms with Crippen molar-refractivity contribution in [2.45, 2.75) is 34.1 Å². The zero-order valence-electron chi connectivity index (χ0n) is 7.99. The van der Waals surface area contributed by atoms with Crippen molar-refractivity contribution in [3.05, 3.63) is 19.6 Å². The average molecular weight is 192 g/mol. The molecule has 1 heteroatoms. The van der Waals surface area contributed by atoms with Gasteiger partial charge in [-0.25, -0.2) is 0 Å². The summed E-state index contributed by atoms with van der Waals surface area (Å²) in [6.07, 6.45) is 6.31. The van der Waals surface area contributed by atoms with Crippen LogP contribution < -0.4 is 0 Å². The van der Waals surface area contributed by atoms with E-state index in [1.54, 1.807) is 0 Å². The topological polar surface area (TPSA) is 0 Å². The first-order chi connectivity index (χ1) is 3.56. The predicted molar refractivity (Wildman–Crippen MR) is 44.0 cm³/mol. The standard InChI is InChI=1S/C8H15.CH3.Zn/c1-5-6-7-8(2,3)4;;/h7H,5H2,1-4H3;1H3;/q2*-1;+2. The number of hydrogen-bond acceptors (Lipinski definition) is 0. The maximum Gasteiger partial charge on any atom is 2.00 e. The molecule has 0 aliphatic rings. The third kappa shape index (κ3) is 15.8. The maximum absolute atomic E-state index is 3.16. The minimum absolute atomic E-state index is 0. The molecule has 0 atom stereocenters. The van der Waals surface area contributed by atoms with Gasteiger partial charge in [0.05, 0.1) is 0 Å². The molecule has 10 heavy (non-hydrogen) atoms. The average Bonchev–Trinajstić information content (AvgIpc) is 1.59. The molecule has 0 radical (unpaired) electrons. The molecule has 0 aromatic heterocycles. The van der Waals surface area contributed by atoms with E-state index in [9.17, 15) is 0 Å². The number of rotatable bonds is 1. The first-order valence-corrected chi connectivity index (χ1v) is 3.14. The van der Waals surface area contributed by atoms with Crippen molar-refractivity contribution >= 4 is 0 Å². The van der Waals surface area contributed by atoms with E-state index in [2.05, 4.69) is 39.8 Å². The molecule has 0 aliphatic carbocycles. The molecule has 56 valence electrons.